The fourth-order valence-electron chi connectivity index (χ4n) is 2.72. The summed E-state index contributed by atoms with van der Waals surface area (Å²) in [6.45, 7) is 8.97. The predicted molar refractivity (Wildman–Crippen MR) is 97.1 cm³/mol. The summed E-state index contributed by atoms with van der Waals surface area (Å²) in [7, 11) is 0. The van der Waals surface area contributed by atoms with Gasteiger partial charge in [0.25, 0.3) is 5.95 Å². The van der Waals surface area contributed by atoms with Gasteiger partial charge in [-0.3, -0.25) is 0 Å². The van der Waals surface area contributed by atoms with Gasteiger partial charge in [-0.2, -0.15) is 4.68 Å². The number of benzene rings is 1. The number of nitrogens with zero attached hydrogens (tertiary/aromatic N) is 5. The molecule has 2 heterocycles. The molecule has 1 N–H and O–H groups in total. The van der Waals surface area contributed by atoms with Crippen molar-refractivity contribution in [1.29, 1.82) is 0 Å². The van der Waals surface area contributed by atoms with Crippen molar-refractivity contribution in [2.75, 3.05) is 0 Å². The lowest BCUT2D eigenvalue weighted by atomic mass is 9.82. The smallest absolute Gasteiger partial charge is 0.252 e. The van der Waals surface area contributed by atoms with Gasteiger partial charge in [0.1, 0.15) is 12.3 Å². The van der Waals surface area contributed by atoms with E-state index in [-0.39, 0.29) is 12.0 Å². The van der Waals surface area contributed by atoms with Gasteiger partial charge in [0.15, 0.2) is 5.75 Å². The molecule has 0 saturated carbocycles. The average Bonchev–Trinajstić information content (AvgIpc) is 3.09. The molecular formula is C19H23N5O2. The number of aliphatic hydroxyl groups excluding tert-OH is 1. The highest BCUT2D eigenvalue weighted by Crippen LogP contribution is 2.28. The molecule has 0 saturated heterocycles. The van der Waals surface area contributed by atoms with Crippen LogP contribution in [0.5, 0.6) is 5.75 Å². The lowest BCUT2D eigenvalue weighted by Gasteiger charge is -2.24. The van der Waals surface area contributed by atoms with Crippen molar-refractivity contribution in [3.05, 3.63) is 59.2 Å². The third-order valence-corrected chi connectivity index (χ3v) is 4.12. The molecule has 0 spiro atoms. The van der Waals surface area contributed by atoms with Crippen LogP contribution in [-0.2, 0) is 18.6 Å². The number of rotatable bonds is 5. The molecule has 0 fully saturated rings. The molecule has 0 unspecified atom stereocenters. The fraction of sp³-hybridized carbons (Fsp3) is 0.368. The van der Waals surface area contributed by atoms with Crippen molar-refractivity contribution < 1.29 is 9.84 Å². The second-order valence-corrected chi connectivity index (χ2v) is 7.17. The van der Waals surface area contributed by atoms with Crippen LogP contribution in [0.1, 0.15) is 43.2 Å². The van der Waals surface area contributed by atoms with Crippen LogP contribution in [0, 0.1) is 6.92 Å². The predicted octanol–water partition coefficient (Wildman–Crippen LogP) is 2.73. The van der Waals surface area contributed by atoms with Crippen molar-refractivity contribution >= 4 is 0 Å². The minimum atomic E-state index is -0.173. The number of hydrogen-bond donors (Lipinski definition) is 1. The van der Waals surface area contributed by atoms with Crippen LogP contribution < -0.4 is 4.74 Å². The van der Waals surface area contributed by atoms with E-state index in [0.29, 0.717) is 24.0 Å². The topological polar surface area (TPSA) is 86.0 Å². The molecule has 0 amide bonds. The first-order valence-electron chi connectivity index (χ1n) is 8.45. The molecule has 0 aliphatic carbocycles. The summed E-state index contributed by atoms with van der Waals surface area (Å²) in [5.74, 6) is 0.954. The van der Waals surface area contributed by atoms with Gasteiger partial charge in [0.2, 0.25) is 0 Å². The zero-order valence-electron chi connectivity index (χ0n) is 15.5. The summed E-state index contributed by atoms with van der Waals surface area (Å²) in [5.41, 5.74) is 4.17. The molecule has 2 aromatic heterocycles. The van der Waals surface area contributed by atoms with Crippen molar-refractivity contribution in [1.82, 2.24) is 25.0 Å². The van der Waals surface area contributed by atoms with Gasteiger partial charge >= 0.3 is 0 Å². The summed E-state index contributed by atoms with van der Waals surface area (Å²) in [6, 6.07) is 6.32. The maximum absolute atomic E-state index is 9.05. The molecule has 0 aliphatic heterocycles. The van der Waals surface area contributed by atoms with Crippen LogP contribution in [0.2, 0.25) is 0 Å². The van der Waals surface area contributed by atoms with Gasteiger partial charge in [-0.05, 0) is 29.0 Å². The van der Waals surface area contributed by atoms with Crippen molar-refractivity contribution in [2.45, 2.75) is 46.3 Å². The molecule has 26 heavy (non-hydrogen) atoms. The highest BCUT2D eigenvalue weighted by molar-refractivity contribution is 5.38. The second-order valence-electron chi connectivity index (χ2n) is 7.17. The first-order valence-corrected chi connectivity index (χ1v) is 8.45. The Labute approximate surface area is 152 Å². The molecule has 0 atom stereocenters. The Morgan fingerprint density at radius 1 is 1.15 bits per heavy atom. The van der Waals surface area contributed by atoms with Gasteiger partial charge in [-0.1, -0.05) is 44.2 Å². The van der Waals surface area contributed by atoms with E-state index in [1.54, 1.807) is 18.6 Å². The van der Waals surface area contributed by atoms with E-state index in [0.717, 1.165) is 0 Å². The Morgan fingerprint density at radius 3 is 2.50 bits per heavy atom. The summed E-state index contributed by atoms with van der Waals surface area (Å²) in [6.07, 6.45) is 4.80. The Bertz CT molecular complexity index is 882. The van der Waals surface area contributed by atoms with Crippen molar-refractivity contribution in [2.24, 2.45) is 0 Å². The summed E-state index contributed by atoms with van der Waals surface area (Å²) >= 11 is 0. The fourth-order valence-corrected chi connectivity index (χ4v) is 2.72. The highest BCUT2D eigenvalue weighted by atomic mass is 16.5. The molecule has 0 radical (unpaired) electrons. The van der Waals surface area contributed by atoms with E-state index in [4.69, 9.17) is 9.84 Å². The van der Waals surface area contributed by atoms with E-state index in [2.05, 4.69) is 66.2 Å². The van der Waals surface area contributed by atoms with Gasteiger partial charge in [-0.15, -0.1) is 5.10 Å². The Kier molecular flexibility index (Phi) is 4.99. The van der Waals surface area contributed by atoms with Crippen LogP contribution in [0.25, 0.3) is 5.95 Å². The minimum absolute atomic E-state index is 0.0442. The normalized spacial score (nSPS) is 11.6. The van der Waals surface area contributed by atoms with Gasteiger partial charge in [-0.25, -0.2) is 9.97 Å². The number of hydrogen-bond acceptors (Lipinski definition) is 6. The molecule has 7 nitrogen and oxygen atoms in total. The lowest BCUT2D eigenvalue weighted by Crippen LogP contribution is -2.16. The Balaban J connectivity index is 1.75. The highest BCUT2D eigenvalue weighted by Gasteiger charge is 2.19. The SMILES string of the molecule is Cc1cccc(C(C)(C)C)c1COc1cnc(-n2cc(CO)nn2)nc1. The molecule has 0 aliphatic rings. The Hall–Kier alpha value is -2.80. The van der Waals surface area contributed by atoms with Crippen LogP contribution in [0.3, 0.4) is 0 Å². The quantitative estimate of drug-likeness (QED) is 0.759. The first kappa shape index (κ1) is 18.0. The monoisotopic (exact) mass is 353 g/mol. The largest absolute Gasteiger partial charge is 0.486 e. The summed E-state index contributed by atoms with van der Waals surface area (Å²) in [4.78, 5) is 8.49. The zero-order valence-corrected chi connectivity index (χ0v) is 15.5. The standard InChI is InChI=1S/C19H23N5O2/c1-13-6-5-7-17(19(2,3)4)16(13)12-26-15-8-20-18(21-9-15)24-10-14(11-25)22-23-24/h5-10,25H,11-12H2,1-4H3. The van der Waals surface area contributed by atoms with Crippen LogP contribution in [-0.4, -0.2) is 30.1 Å². The van der Waals surface area contributed by atoms with Crippen LogP contribution >= 0.6 is 0 Å². The van der Waals surface area contributed by atoms with Crippen LogP contribution in [0.4, 0.5) is 0 Å². The van der Waals surface area contributed by atoms with Crippen molar-refractivity contribution in [3.63, 3.8) is 0 Å². The third kappa shape index (κ3) is 3.88. The molecule has 0 bridgehead atoms. The molecule has 7 heteroatoms. The zero-order chi connectivity index (χ0) is 18.7. The first-order chi connectivity index (χ1) is 12.4. The average molecular weight is 353 g/mol. The maximum atomic E-state index is 9.05. The van der Waals surface area contributed by atoms with Gasteiger partial charge in [0.05, 0.1) is 25.2 Å². The summed E-state index contributed by atoms with van der Waals surface area (Å²) < 4.78 is 7.33. The van der Waals surface area contributed by atoms with Crippen LogP contribution in [0.15, 0.2) is 36.8 Å². The molecule has 3 rings (SSSR count). The molecular weight excluding hydrogens is 330 g/mol. The summed E-state index contributed by atoms with van der Waals surface area (Å²) in [5, 5.41) is 16.7. The van der Waals surface area contributed by atoms with Gasteiger partial charge in [0, 0.05) is 0 Å². The number of aromatic nitrogens is 5. The van der Waals surface area contributed by atoms with E-state index in [9.17, 15) is 0 Å². The molecule has 1 aromatic carbocycles. The number of aryl methyl sites for hydroxylation is 1. The third-order valence-electron chi connectivity index (χ3n) is 4.12. The van der Waals surface area contributed by atoms with E-state index >= 15 is 0 Å². The maximum Gasteiger partial charge on any atom is 0.252 e. The van der Waals surface area contributed by atoms with Crippen molar-refractivity contribution in [3.8, 4) is 11.7 Å². The minimum Gasteiger partial charge on any atom is -0.486 e. The van der Waals surface area contributed by atoms with E-state index in [1.807, 2.05) is 0 Å². The lowest BCUT2D eigenvalue weighted by molar-refractivity contribution is 0.276. The number of ether oxygens (including phenoxy) is 1. The van der Waals surface area contributed by atoms with Gasteiger partial charge < -0.3 is 9.84 Å². The molecule has 3 aromatic rings. The Morgan fingerprint density at radius 2 is 1.88 bits per heavy atom. The molecule has 136 valence electrons. The second kappa shape index (κ2) is 7.21. The van der Waals surface area contributed by atoms with E-state index in [1.165, 1.54) is 21.4 Å². The van der Waals surface area contributed by atoms with E-state index < -0.39 is 0 Å². The number of aliphatic hydroxyl groups is 1.